The predicted molar refractivity (Wildman–Crippen MR) is 88.1 cm³/mol. The number of piperazine rings is 1. The fourth-order valence-electron chi connectivity index (χ4n) is 4.22. The summed E-state index contributed by atoms with van der Waals surface area (Å²) < 4.78 is 0. The summed E-state index contributed by atoms with van der Waals surface area (Å²) in [5, 5.41) is 2.53. The molecule has 1 aliphatic carbocycles. The van der Waals surface area contributed by atoms with Gasteiger partial charge < -0.3 is 9.80 Å². The van der Waals surface area contributed by atoms with Gasteiger partial charge in [-0.3, -0.25) is 5.43 Å². The van der Waals surface area contributed by atoms with Crippen LogP contribution in [0.5, 0.6) is 0 Å². The molecule has 0 spiro atoms. The van der Waals surface area contributed by atoms with Gasteiger partial charge in [0, 0.05) is 37.8 Å². The molecule has 3 fully saturated rings. The highest BCUT2D eigenvalue weighted by molar-refractivity contribution is 4.96. The van der Waals surface area contributed by atoms with Crippen molar-refractivity contribution in [2.45, 2.75) is 58.2 Å². The van der Waals surface area contributed by atoms with E-state index < -0.39 is 0 Å². The Bertz CT molecular complexity index is 328. The average Bonchev–Trinajstić information content (AvgIpc) is 3.15. The Kier molecular flexibility index (Phi) is 4.89. The van der Waals surface area contributed by atoms with Crippen LogP contribution in [0.2, 0.25) is 0 Å². The molecule has 2 aliphatic heterocycles. The number of piperidine rings is 1. The van der Waals surface area contributed by atoms with Crippen LogP contribution in [0.1, 0.15) is 40.0 Å². The van der Waals surface area contributed by atoms with Crippen molar-refractivity contribution in [1.82, 2.24) is 20.2 Å². The zero-order chi connectivity index (χ0) is 15.0. The lowest BCUT2D eigenvalue weighted by Crippen LogP contribution is -2.61. The van der Waals surface area contributed by atoms with Gasteiger partial charge in [-0.15, -0.1) is 0 Å². The van der Waals surface area contributed by atoms with Crippen LogP contribution in [0, 0.1) is 11.8 Å². The number of hydrogen-bond donors (Lipinski definition) is 1. The molecule has 3 rings (SSSR count). The second kappa shape index (κ2) is 6.53. The van der Waals surface area contributed by atoms with Crippen molar-refractivity contribution < 1.29 is 0 Å². The maximum atomic E-state index is 3.84. The summed E-state index contributed by atoms with van der Waals surface area (Å²) in [5.41, 5.74) is 3.84. The van der Waals surface area contributed by atoms with E-state index in [2.05, 4.69) is 48.1 Å². The summed E-state index contributed by atoms with van der Waals surface area (Å²) >= 11 is 0. The average molecular weight is 294 g/mol. The number of hydrazine groups is 1. The third-order valence-electron chi connectivity index (χ3n) is 5.71. The van der Waals surface area contributed by atoms with E-state index >= 15 is 0 Å². The highest BCUT2D eigenvalue weighted by atomic mass is 15.6. The molecule has 4 atom stereocenters. The van der Waals surface area contributed by atoms with Crippen molar-refractivity contribution in [3.63, 3.8) is 0 Å². The van der Waals surface area contributed by atoms with Crippen LogP contribution < -0.4 is 5.43 Å². The molecule has 4 nitrogen and oxygen atoms in total. The van der Waals surface area contributed by atoms with Crippen LogP contribution in [0.25, 0.3) is 0 Å². The third kappa shape index (κ3) is 3.98. The normalized spacial score (nSPS) is 40.6. The first kappa shape index (κ1) is 15.7. The molecule has 1 N–H and O–H groups in total. The summed E-state index contributed by atoms with van der Waals surface area (Å²) in [4.78, 5) is 5.15. The molecule has 0 bridgehead atoms. The fraction of sp³-hybridized carbons (Fsp3) is 1.00. The number of likely N-dealkylation sites (N-methyl/N-ethyl adjacent to an activating group) is 1. The van der Waals surface area contributed by atoms with Crippen LogP contribution in [-0.2, 0) is 0 Å². The molecular formula is C17H34N4. The largest absolute Gasteiger partial charge is 0.303 e. The summed E-state index contributed by atoms with van der Waals surface area (Å²) in [5.74, 6) is 1.83. The maximum absolute atomic E-state index is 3.84. The lowest BCUT2D eigenvalue weighted by atomic mass is 9.99. The first-order valence-corrected chi connectivity index (χ1v) is 8.98. The molecule has 2 heterocycles. The Morgan fingerprint density at radius 1 is 1.00 bits per heavy atom. The van der Waals surface area contributed by atoms with E-state index in [0.29, 0.717) is 12.1 Å². The van der Waals surface area contributed by atoms with Gasteiger partial charge in [0.15, 0.2) is 0 Å². The van der Waals surface area contributed by atoms with E-state index in [9.17, 15) is 0 Å². The van der Waals surface area contributed by atoms with Gasteiger partial charge in [0.2, 0.25) is 0 Å². The molecule has 0 aromatic carbocycles. The van der Waals surface area contributed by atoms with Crippen LogP contribution in [0.3, 0.4) is 0 Å². The zero-order valence-corrected chi connectivity index (χ0v) is 14.4. The Labute approximate surface area is 130 Å². The smallest absolute Gasteiger partial charge is 0.0346 e. The summed E-state index contributed by atoms with van der Waals surface area (Å²) in [6.07, 6.45) is 4.17. The van der Waals surface area contributed by atoms with Crippen LogP contribution in [0.4, 0.5) is 0 Å². The van der Waals surface area contributed by atoms with Crippen LogP contribution >= 0.6 is 0 Å². The van der Waals surface area contributed by atoms with Gasteiger partial charge in [-0.2, -0.15) is 0 Å². The lowest BCUT2D eigenvalue weighted by molar-refractivity contribution is 0.00453. The van der Waals surface area contributed by atoms with Gasteiger partial charge >= 0.3 is 0 Å². The minimum atomic E-state index is 0.621. The van der Waals surface area contributed by atoms with E-state index in [4.69, 9.17) is 0 Å². The SMILES string of the molecule is CC1CCN(CC2CC2NN2C(C)CN(C)CC2C)CC1. The topological polar surface area (TPSA) is 21.8 Å². The second-order valence-electron chi connectivity index (χ2n) is 8.04. The Hall–Kier alpha value is -0.160. The highest BCUT2D eigenvalue weighted by Gasteiger charge is 2.41. The van der Waals surface area contributed by atoms with Gasteiger partial charge in [-0.1, -0.05) is 6.92 Å². The molecule has 122 valence electrons. The quantitative estimate of drug-likeness (QED) is 0.851. The second-order valence-corrected chi connectivity index (χ2v) is 8.04. The predicted octanol–water partition coefficient (Wildman–Crippen LogP) is 1.64. The number of nitrogens with one attached hydrogen (secondary N) is 1. The summed E-state index contributed by atoms with van der Waals surface area (Å²) in [6.45, 7) is 13.4. The van der Waals surface area contributed by atoms with Crippen molar-refractivity contribution in [3.05, 3.63) is 0 Å². The third-order valence-corrected chi connectivity index (χ3v) is 5.71. The Balaban J connectivity index is 1.41. The Morgan fingerprint density at radius 3 is 2.24 bits per heavy atom. The summed E-state index contributed by atoms with van der Waals surface area (Å²) in [6, 6.07) is 1.98. The lowest BCUT2D eigenvalue weighted by Gasteiger charge is -2.43. The van der Waals surface area contributed by atoms with E-state index in [1.165, 1.54) is 52.0 Å². The number of rotatable bonds is 4. The van der Waals surface area contributed by atoms with Gasteiger partial charge in [0.05, 0.1) is 0 Å². The minimum absolute atomic E-state index is 0.621. The minimum Gasteiger partial charge on any atom is -0.303 e. The van der Waals surface area contributed by atoms with E-state index in [1.807, 2.05) is 0 Å². The Morgan fingerprint density at radius 2 is 1.62 bits per heavy atom. The maximum Gasteiger partial charge on any atom is 0.0346 e. The van der Waals surface area contributed by atoms with Crippen molar-refractivity contribution in [3.8, 4) is 0 Å². The molecule has 0 radical (unpaired) electrons. The van der Waals surface area contributed by atoms with Gasteiger partial charge in [-0.05, 0) is 65.1 Å². The zero-order valence-electron chi connectivity index (χ0n) is 14.4. The molecule has 0 aromatic heterocycles. The van der Waals surface area contributed by atoms with Gasteiger partial charge in [-0.25, -0.2) is 5.01 Å². The number of likely N-dealkylation sites (tertiary alicyclic amines) is 1. The molecule has 1 saturated carbocycles. The standard InChI is InChI=1S/C17H34N4/c1-13-5-7-20(8-6-13)12-16-9-17(16)18-21-14(2)10-19(4)11-15(21)3/h13-18H,5-12H2,1-4H3. The number of nitrogens with zero attached hydrogens (tertiary/aromatic N) is 3. The molecule has 0 amide bonds. The molecule has 2 saturated heterocycles. The van der Waals surface area contributed by atoms with Crippen molar-refractivity contribution in [2.75, 3.05) is 39.8 Å². The van der Waals surface area contributed by atoms with Crippen molar-refractivity contribution in [2.24, 2.45) is 11.8 Å². The molecule has 0 aromatic rings. The number of hydrogen-bond acceptors (Lipinski definition) is 4. The van der Waals surface area contributed by atoms with Crippen LogP contribution in [0.15, 0.2) is 0 Å². The van der Waals surface area contributed by atoms with E-state index in [0.717, 1.165) is 17.9 Å². The monoisotopic (exact) mass is 294 g/mol. The molecule has 4 unspecified atom stereocenters. The first-order chi connectivity index (χ1) is 10.0. The first-order valence-electron chi connectivity index (χ1n) is 8.98. The molecule has 3 aliphatic rings. The van der Waals surface area contributed by atoms with Gasteiger partial charge in [0.25, 0.3) is 0 Å². The molecule has 21 heavy (non-hydrogen) atoms. The summed E-state index contributed by atoms with van der Waals surface area (Å²) in [7, 11) is 2.24. The van der Waals surface area contributed by atoms with Gasteiger partial charge in [0.1, 0.15) is 0 Å². The molecule has 4 heteroatoms. The highest BCUT2D eigenvalue weighted by Crippen LogP contribution is 2.33. The molecular weight excluding hydrogens is 260 g/mol. The van der Waals surface area contributed by atoms with Crippen molar-refractivity contribution in [1.29, 1.82) is 0 Å². The van der Waals surface area contributed by atoms with Crippen molar-refractivity contribution >= 4 is 0 Å². The van der Waals surface area contributed by atoms with Crippen LogP contribution in [-0.4, -0.2) is 72.7 Å². The van der Waals surface area contributed by atoms with E-state index in [-0.39, 0.29) is 0 Å². The van der Waals surface area contributed by atoms with E-state index in [1.54, 1.807) is 0 Å². The fourth-order valence-corrected chi connectivity index (χ4v) is 4.22.